The van der Waals surface area contributed by atoms with Gasteiger partial charge in [-0.3, -0.25) is 4.99 Å². The number of rotatable bonds is 8. The molecule has 2 aromatic rings. The van der Waals surface area contributed by atoms with Crippen molar-refractivity contribution >= 4 is 29.7 Å². The van der Waals surface area contributed by atoms with E-state index in [9.17, 15) is 0 Å². The number of aryl methyl sites for hydroxylation is 1. The van der Waals surface area contributed by atoms with E-state index in [2.05, 4.69) is 60.1 Å². The van der Waals surface area contributed by atoms with Gasteiger partial charge >= 0.3 is 0 Å². The van der Waals surface area contributed by atoms with Crippen LogP contribution in [0.15, 0.2) is 58.4 Å². The largest absolute Gasteiger partial charge is 0.360 e. The van der Waals surface area contributed by atoms with Gasteiger partial charge < -0.3 is 4.90 Å². The van der Waals surface area contributed by atoms with Gasteiger partial charge in [-0.05, 0) is 48.1 Å². The molecule has 1 heterocycles. The number of halogens is 1. The fourth-order valence-electron chi connectivity index (χ4n) is 3.23. The Bertz CT molecular complexity index is 727. The van der Waals surface area contributed by atoms with Crippen molar-refractivity contribution in [3.8, 4) is 0 Å². The van der Waals surface area contributed by atoms with Gasteiger partial charge in [0, 0.05) is 28.3 Å². The number of hydrogen-bond donors (Lipinski definition) is 0. The van der Waals surface area contributed by atoms with Crippen LogP contribution in [0.3, 0.4) is 0 Å². The number of hydrogen-bond acceptors (Lipinski definition) is 3. The molecule has 0 aliphatic carbocycles. The highest BCUT2D eigenvalue weighted by atomic mass is 35.5. The summed E-state index contributed by atoms with van der Waals surface area (Å²) in [6, 6.07) is 17.1. The third-order valence-electron chi connectivity index (χ3n) is 4.70. The molecule has 0 amide bonds. The average Bonchev–Trinajstić information content (AvgIpc) is 3.14. The third kappa shape index (κ3) is 5.52. The van der Waals surface area contributed by atoms with Gasteiger partial charge in [-0.1, -0.05) is 55.8 Å². The van der Waals surface area contributed by atoms with Crippen LogP contribution < -0.4 is 0 Å². The van der Waals surface area contributed by atoms with Crippen molar-refractivity contribution in [3.63, 3.8) is 0 Å². The van der Waals surface area contributed by atoms with Gasteiger partial charge in [0.1, 0.15) is 0 Å². The Morgan fingerprint density at radius 2 is 1.88 bits per heavy atom. The van der Waals surface area contributed by atoms with Crippen molar-refractivity contribution in [3.05, 3.63) is 64.7 Å². The molecule has 0 radical (unpaired) electrons. The number of aliphatic imine (C=N–C) groups is 1. The zero-order valence-electron chi connectivity index (χ0n) is 15.6. The monoisotopic (exact) mass is 386 g/mol. The van der Waals surface area contributed by atoms with Crippen LogP contribution in [0.5, 0.6) is 0 Å². The van der Waals surface area contributed by atoms with Gasteiger partial charge in [0.15, 0.2) is 0 Å². The summed E-state index contributed by atoms with van der Waals surface area (Å²) in [6.07, 6.45) is 4.23. The second-order valence-electron chi connectivity index (χ2n) is 7.11. The van der Waals surface area contributed by atoms with E-state index in [1.165, 1.54) is 16.0 Å². The smallest absolute Gasteiger partial charge is 0.0851 e. The first-order chi connectivity index (χ1) is 12.6. The molecule has 26 heavy (non-hydrogen) atoms. The van der Waals surface area contributed by atoms with Gasteiger partial charge in [-0.2, -0.15) is 0 Å². The molecule has 4 heteroatoms. The summed E-state index contributed by atoms with van der Waals surface area (Å²) >= 11 is 8.04. The van der Waals surface area contributed by atoms with Crippen molar-refractivity contribution < 1.29 is 0 Å². The minimum absolute atomic E-state index is 0.537. The Hall–Kier alpha value is -1.45. The van der Waals surface area contributed by atoms with E-state index in [1.807, 2.05) is 30.2 Å². The Morgan fingerprint density at radius 1 is 1.12 bits per heavy atom. The van der Waals surface area contributed by atoms with E-state index in [1.54, 1.807) is 0 Å². The lowest BCUT2D eigenvalue weighted by molar-refractivity contribution is 0.454. The lowest BCUT2D eigenvalue weighted by Gasteiger charge is -2.24. The Kier molecular flexibility index (Phi) is 7.04. The van der Waals surface area contributed by atoms with Gasteiger partial charge in [-0.15, -0.1) is 11.8 Å². The van der Waals surface area contributed by atoms with E-state index in [4.69, 9.17) is 11.6 Å². The Morgan fingerprint density at radius 3 is 2.58 bits per heavy atom. The zero-order valence-corrected chi connectivity index (χ0v) is 17.1. The molecule has 1 unspecified atom stereocenters. The Labute approximate surface area is 166 Å². The second kappa shape index (κ2) is 9.48. The van der Waals surface area contributed by atoms with Crippen molar-refractivity contribution in [1.29, 1.82) is 0 Å². The van der Waals surface area contributed by atoms with Crippen LogP contribution in [-0.2, 0) is 6.42 Å². The molecular weight excluding hydrogens is 360 g/mol. The minimum Gasteiger partial charge on any atom is -0.360 e. The van der Waals surface area contributed by atoms with Crippen molar-refractivity contribution in [2.75, 3.05) is 19.6 Å². The van der Waals surface area contributed by atoms with Crippen LogP contribution in [0.1, 0.15) is 37.3 Å². The molecule has 0 N–H and O–H groups in total. The summed E-state index contributed by atoms with van der Waals surface area (Å²) in [4.78, 5) is 8.15. The highest BCUT2D eigenvalue weighted by Crippen LogP contribution is 2.33. The van der Waals surface area contributed by atoms with Crippen LogP contribution in [0.4, 0.5) is 0 Å². The molecule has 3 rings (SSSR count). The quantitative estimate of drug-likeness (QED) is 0.525. The summed E-state index contributed by atoms with van der Waals surface area (Å²) in [5.74, 6) is 0.545. The van der Waals surface area contributed by atoms with Gasteiger partial charge in [0.25, 0.3) is 0 Å². The summed E-state index contributed by atoms with van der Waals surface area (Å²) < 4.78 is 0. The Balaban J connectivity index is 1.70. The SMILES string of the molecule is CC(C)c1ccccc1SC(CCc1ccc(Cl)cc1)CN1C=NCC1. The fraction of sp³-hybridized carbons (Fsp3) is 0.409. The molecule has 138 valence electrons. The summed E-state index contributed by atoms with van der Waals surface area (Å²) in [5.41, 5.74) is 2.80. The van der Waals surface area contributed by atoms with E-state index in [-0.39, 0.29) is 0 Å². The number of benzene rings is 2. The maximum absolute atomic E-state index is 6.02. The molecule has 0 spiro atoms. The highest BCUT2D eigenvalue weighted by molar-refractivity contribution is 8.00. The first-order valence-corrected chi connectivity index (χ1v) is 10.6. The first-order valence-electron chi connectivity index (χ1n) is 9.36. The van der Waals surface area contributed by atoms with Crippen LogP contribution in [0.25, 0.3) is 0 Å². The molecular formula is C22H27ClN2S. The summed E-state index contributed by atoms with van der Waals surface area (Å²) in [5, 5.41) is 1.34. The minimum atomic E-state index is 0.537. The topological polar surface area (TPSA) is 15.6 Å². The highest BCUT2D eigenvalue weighted by Gasteiger charge is 2.18. The third-order valence-corrected chi connectivity index (χ3v) is 6.30. The molecule has 0 aromatic heterocycles. The standard InChI is InChI=1S/C22H27ClN2S/c1-17(2)21-5-3-4-6-22(21)26-20(15-25-14-13-24-16-25)12-9-18-7-10-19(23)11-8-18/h3-8,10-11,16-17,20H,9,12-15H2,1-2H3. The maximum Gasteiger partial charge on any atom is 0.0851 e. The zero-order chi connectivity index (χ0) is 18.4. The van der Waals surface area contributed by atoms with Crippen molar-refractivity contribution in [1.82, 2.24) is 4.90 Å². The molecule has 2 aromatic carbocycles. The fourth-order valence-corrected chi connectivity index (χ4v) is 4.81. The molecule has 0 saturated carbocycles. The molecule has 0 fully saturated rings. The van der Waals surface area contributed by atoms with Gasteiger partial charge in [-0.25, -0.2) is 0 Å². The molecule has 1 aliphatic rings. The molecule has 1 atom stereocenters. The van der Waals surface area contributed by atoms with Crippen LogP contribution in [0.2, 0.25) is 5.02 Å². The van der Waals surface area contributed by atoms with Crippen LogP contribution >= 0.6 is 23.4 Å². The average molecular weight is 387 g/mol. The lowest BCUT2D eigenvalue weighted by Crippen LogP contribution is -2.29. The second-order valence-corrected chi connectivity index (χ2v) is 8.89. The number of thioether (sulfide) groups is 1. The molecule has 1 aliphatic heterocycles. The van der Waals surface area contributed by atoms with Gasteiger partial charge in [0.05, 0.1) is 12.9 Å². The number of nitrogens with zero attached hydrogens (tertiary/aromatic N) is 2. The van der Waals surface area contributed by atoms with Crippen molar-refractivity contribution in [2.45, 2.75) is 42.8 Å². The van der Waals surface area contributed by atoms with E-state index in [0.29, 0.717) is 11.2 Å². The summed E-state index contributed by atoms with van der Waals surface area (Å²) in [6.45, 7) is 7.57. The predicted molar refractivity (Wildman–Crippen MR) is 115 cm³/mol. The molecule has 0 saturated heterocycles. The van der Waals surface area contributed by atoms with E-state index in [0.717, 1.165) is 37.5 Å². The van der Waals surface area contributed by atoms with Gasteiger partial charge in [0.2, 0.25) is 0 Å². The first kappa shape index (κ1) is 19.3. The van der Waals surface area contributed by atoms with Crippen LogP contribution in [0, 0.1) is 0 Å². The van der Waals surface area contributed by atoms with E-state index >= 15 is 0 Å². The predicted octanol–water partition coefficient (Wildman–Crippen LogP) is 5.90. The maximum atomic E-state index is 6.02. The van der Waals surface area contributed by atoms with Crippen LogP contribution in [-0.4, -0.2) is 36.1 Å². The normalized spacial score (nSPS) is 15.0. The van der Waals surface area contributed by atoms with E-state index < -0.39 is 0 Å². The molecule has 2 nitrogen and oxygen atoms in total. The lowest BCUT2D eigenvalue weighted by atomic mass is 10.0. The van der Waals surface area contributed by atoms with Crippen molar-refractivity contribution in [2.24, 2.45) is 4.99 Å². The summed E-state index contributed by atoms with van der Waals surface area (Å²) in [7, 11) is 0. The molecule has 0 bridgehead atoms.